The Hall–Kier alpha value is -2.79. The SMILES string of the molecule is Cc1cccc(Nc2cncc(C3CCCN3CCc3ccccc3)n2)n1. The van der Waals surface area contributed by atoms with E-state index in [0.29, 0.717) is 6.04 Å². The molecule has 4 rings (SSSR count). The molecule has 1 saturated heterocycles. The molecule has 0 saturated carbocycles. The Balaban J connectivity index is 1.45. The quantitative estimate of drug-likeness (QED) is 0.711. The van der Waals surface area contributed by atoms with Crippen molar-refractivity contribution in [3.8, 4) is 0 Å². The van der Waals surface area contributed by atoms with E-state index < -0.39 is 0 Å². The summed E-state index contributed by atoms with van der Waals surface area (Å²) < 4.78 is 0. The van der Waals surface area contributed by atoms with E-state index in [1.165, 1.54) is 12.0 Å². The van der Waals surface area contributed by atoms with E-state index in [1.807, 2.05) is 31.3 Å². The Morgan fingerprint density at radius 1 is 1.00 bits per heavy atom. The maximum Gasteiger partial charge on any atom is 0.150 e. The average Bonchev–Trinajstić information content (AvgIpc) is 3.16. The zero-order valence-corrected chi connectivity index (χ0v) is 15.7. The number of pyridine rings is 1. The lowest BCUT2D eigenvalue weighted by Gasteiger charge is -2.24. The first kappa shape index (κ1) is 17.6. The summed E-state index contributed by atoms with van der Waals surface area (Å²) in [5, 5.41) is 3.28. The third-order valence-electron chi connectivity index (χ3n) is 5.03. The van der Waals surface area contributed by atoms with Crippen LogP contribution in [0.1, 0.15) is 35.8 Å². The Morgan fingerprint density at radius 3 is 2.74 bits per heavy atom. The number of likely N-dealkylation sites (tertiary alicyclic amines) is 1. The van der Waals surface area contributed by atoms with Gasteiger partial charge in [0.2, 0.25) is 0 Å². The van der Waals surface area contributed by atoms with Crippen molar-refractivity contribution in [3.05, 3.63) is 77.9 Å². The van der Waals surface area contributed by atoms with Gasteiger partial charge in [0.25, 0.3) is 0 Å². The van der Waals surface area contributed by atoms with Crippen LogP contribution in [0.25, 0.3) is 0 Å². The molecule has 5 nitrogen and oxygen atoms in total. The molecule has 1 aliphatic rings. The predicted octanol–water partition coefficient (Wildman–Crippen LogP) is 4.30. The molecule has 1 N–H and O–H groups in total. The molecule has 1 fully saturated rings. The van der Waals surface area contributed by atoms with Crippen molar-refractivity contribution in [3.63, 3.8) is 0 Å². The molecule has 0 spiro atoms. The van der Waals surface area contributed by atoms with E-state index in [-0.39, 0.29) is 0 Å². The summed E-state index contributed by atoms with van der Waals surface area (Å²) in [5.41, 5.74) is 3.40. The van der Waals surface area contributed by atoms with Gasteiger partial charge < -0.3 is 5.32 Å². The number of hydrogen-bond donors (Lipinski definition) is 1. The number of anilines is 2. The Labute approximate surface area is 160 Å². The lowest BCUT2D eigenvalue weighted by molar-refractivity contribution is 0.256. The third kappa shape index (κ3) is 4.49. The van der Waals surface area contributed by atoms with E-state index in [9.17, 15) is 0 Å². The summed E-state index contributed by atoms with van der Waals surface area (Å²) in [4.78, 5) is 16.3. The first-order valence-corrected chi connectivity index (χ1v) is 9.58. The monoisotopic (exact) mass is 359 g/mol. The summed E-state index contributed by atoms with van der Waals surface area (Å²) in [5.74, 6) is 1.55. The number of benzene rings is 1. The Bertz CT molecular complexity index is 881. The maximum atomic E-state index is 4.83. The lowest BCUT2D eigenvalue weighted by Crippen LogP contribution is -2.26. The van der Waals surface area contributed by atoms with Gasteiger partial charge in [0.15, 0.2) is 0 Å². The van der Waals surface area contributed by atoms with Crippen LogP contribution in [-0.4, -0.2) is 32.9 Å². The summed E-state index contributed by atoms with van der Waals surface area (Å²) in [7, 11) is 0. The Morgan fingerprint density at radius 2 is 1.89 bits per heavy atom. The largest absolute Gasteiger partial charge is 0.324 e. The zero-order valence-electron chi connectivity index (χ0n) is 15.7. The topological polar surface area (TPSA) is 53.9 Å². The molecular weight excluding hydrogens is 334 g/mol. The predicted molar refractivity (Wildman–Crippen MR) is 108 cm³/mol. The molecule has 0 amide bonds. The number of rotatable bonds is 6. The minimum atomic E-state index is 0.341. The van der Waals surface area contributed by atoms with Crippen molar-refractivity contribution in [2.24, 2.45) is 0 Å². The molecule has 0 radical (unpaired) electrons. The highest BCUT2D eigenvalue weighted by atomic mass is 15.2. The van der Waals surface area contributed by atoms with E-state index >= 15 is 0 Å². The molecule has 0 bridgehead atoms. The fraction of sp³-hybridized carbons (Fsp3) is 0.318. The molecule has 1 unspecified atom stereocenters. The smallest absolute Gasteiger partial charge is 0.150 e. The highest BCUT2D eigenvalue weighted by Crippen LogP contribution is 2.31. The minimum absolute atomic E-state index is 0.341. The van der Waals surface area contributed by atoms with E-state index in [1.54, 1.807) is 6.20 Å². The van der Waals surface area contributed by atoms with E-state index in [0.717, 1.165) is 49.0 Å². The van der Waals surface area contributed by atoms with Crippen molar-refractivity contribution in [1.29, 1.82) is 0 Å². The number of hydrogen-bond acceptors (Lipinski definition) is 5. The summed E-state index contributed by atoms with van der Waals surface area (Å²) in [6.45, 7) is 4.15. The zero-order chi connectivity index (χ0) is 18.5. The maximum absolute atomic E-state index is 4.83. The van der Waals surface area contributed by atoms with E-state index in [4.69, 9.17) is 4.98 Å². The first-order chi connectivity index (χ1) is 13.3. The van der Waals surface area contributed by atoms with Crippen molar-refractivity contribution < 1.29 is 0 Å². The summed E-state index contributed by atoms with van der Waals surface area (Å²) in [6.07, 6.45) is 7.07. The number of nitrogens with zero attached hydrogens (tertiary/aromatic N) is 4. The Kier molecular flexibility index (Phi) is 5.39. The molecule has 5 heteroatoms. The fourth-order valence-corrected chi connectivity index (χ4v) is 3.69. The van der Waals surface area contributed by atoms with Gasteiger partial charge in [0.05, 0.1) is 24.1 Å². The molecule has 0 aliphatic carbocycles. The second-order valence-electron chi connectivity index (χ2n) is 7.05. The third-order valence-corrected chi connectivity index (χ3v) is 5.03. The van der Waals surface area contributed by atoms with Crippen LogP contribution in [0.15, 0.2) is 60.9 Å². The van der Waals surface area contributed by atoms with Crippen molar-refractivity contribution in [2.75, 3.05) is 18.4 Å². The van der Waals surface area contributed by atoms with Crippen LogP contribution in [0.5, 0.6) is 0 Å². The second kappa shape index (κ2) is 8.27. The first-order valence-electron chi connectivity index (χ1n) is 9.58. The summed E-state index contributed by atoms with van der Waals surface area (Å²) in [6, 6.07) is 16.9. The fourth-order valence-electron chi connectivity index (χ4n) is 3.69. The molecule has 1 atom stereocenters. The van der Waals surface area contributed by atoms with Crippen LogP contribution >= 0.6 is 0 Å². The average molecular weight is 359 g/mol. The van der Waals surface area contributed by atoms with Gasteiger partial charge in [-0.15, -0.1) is 0 Å². The van der Waals surface area contributed by atoms with Gasteiger partial charge in [0, 0.05) is 12.2 Å². The van der Waals surface area contributed by atoms with Gasteiger partial charge >= 0.3 is 0 Å². The minimum Gasteiger partial charge on any atom is -0.324 e. The number of aryl methyl sites for hydroxylation is 1. The van der Waals surface area contributed by atoms with Crippen LogP contribution in [0.2, 0.25) is 0 Å². The van der Waals surface area contributed by atoms with Crippen LogP contribution < -0.4 is 5.32 Å². The molecule has 1 aromatic carbocycles. The van der Waals surface area contributed by atoms with Gasteiger partial charge in [-0.05, 0) is 50.4 Å². The van der Waals surface area contributed by atoms with Gasteiger partial charge in [-0.25, -0.2) is 9.97 Å². The molecule has 27 heavy (non-hydrogen) atoms. The van der Waals surface area contributed by atoms with Gasteiger partial charge in [-0.2, -0.15) is 0 Å². The number of nitrogens with one attached hydrogen (secondary N) is 1. The second-order valence-corrected chi connectivity index (χ2v) is 7.05. The highest BCUT2D eigenvalue weighted by Gasteiger charge is 2.27. The van der Waals surface area contributed by atoms with E-state index in [2.05, 4.69) is 50.5 Å². The van der Waals surface area contributed by atoms with Gasteiger partial charge in [0.1, 0.15) is 11.6 Å². The molecule has 138 valence electrons. The standard InChI is InChI=1S/C22H25N5/c1-17-7-5-11-21(24-17)26-22-16-23-15-19(25-22)20-10-6-13-27(20)14-12-18-8-3-2-4-9-18/h2-5,7-9,11,15-16,20H,6,10,12-14H2,1H3,(H,24,25,26). The van der Waals surface area contributed by atoms with Crippen molar-refractivity contribution in [2.45, 2.75) is 32.2 Å². The normalized spacial score (nSPS) is 17.1. The van der Waals surface area contributed by atoms with Crippen LogP contribution in [0, 0.1) is 6.92 Å². The van der Waals surface area contributed by atoms with Crippen molar-refractivity contribution >= 4 is 11.6 Å². The van der Waals surface area contributed by atoms with Gasteiger partial charge in [-0.3, -0.25) is 9.88 Å². The number of aromatic nitrogens is 3. The van der Waals surface area contributed by atoms with Crippen LogP contribution in [0.3, 0.4) is 0 Å². The van der Waals surface area contributed by atoms with Crippen molar-refractivity contribution in [1.82, 2.24) is 19.9 Å². The molecule has 2 aromatic heterocycles. The lowest BCUT2D eigenvalue weighted by atomic mass is 10.1. The summed E-state index contributed by atoms with van der Waals surface area (Å²) >= 11 is 0. The van der Waals surface area contributed by atoms with Crippen LogP contribution in [-0.2, 0) is 6.42 Å². The van der Waals surface area contributed by atoms with Gasteiger partial charge in [-0.1, -0.05) is 36.4 Å². The molecular formula is C22H25N5. The molecule has 3 heterocycles. The molecule has 1 aliphatic heterocycles. The molecule has 3 aromatic rings. The highest BCUT2D eigenvalue weighted by molar-refractivity contribution is 5.50. The van der Waals surface area contributed by atoms with Crippen LogP contribution in [0.4, 0.5) is 11.6 Å².